The fourth-order valence-corrected chi connectivity index (χ4v) is 2.08. The molecule has 0 unspecified atom stereocenters. The van der Waals surface area contributed by atoms with Crippen molar-refractivity contribution in [2.75, 3.05) is 0 Å². The van der Waals surface area contributed by atoms with E-state index in [0.29, 0.717) is 17.1 Å². The van der Waals surface area contributed by atoms with Crippen LogP contribution in [0.15, 0.2) is 30.3 Å². The highest BCUT2D eigenvalue weighted by atomic mass is 35.5. The Morgan fingerprint density at radius 2 is 2.00 bits per heavy atom. The highest BCUT2D eigenvalue weighted by Crippen LogP contribution is 2.34. The van der Waals surface area contributed by atoms with E-state index in [1.54, 1.807) is 11.7 Å². The summed E-state index contributed by atoms with van der Waals surface area (Å²) in [6.07, 6.45) is 0.0389. The van der Waals surface area contributed by atoms with Gasteiger partial charge in [-0.25, -0.2) is 0 Å². The third kappa shape index (κ3) is 2.21. The minimum atomic E-state index is -0.577. The van der Waals surface area contributed by atoms with Crippen molar-refractivity contribution in [1.82, 2.24) is 9.78 Å². The molecule has 1 N–H and O–H groups in total. The predicted molar refractivity (Wildman–Crippen MR) is 68.9 cm³/mol. The van der Waals surface area contributed by atoms with Gasteiger partial charge in [0, 0.05) is 18.2 Å². The Labute approximate surface area is 106 Å². The minimum absolute atomic E-state index is 0.498. The van der Waals surface area contributed by atoms with Gasteiger partial charge >= 0.3 is 0 Å². The van der Waals surface area contributed by atoms with E-state index in [2.05, 4.69) is 5.10 Å². The van der Waals surface area contributed by atoms with Gasteiger partial charge in [0.05, 0.1) is 11.8 Å². The van der Waals surface area contributed by atoms with Crippen LogP contribution in [0, 0.1) is 0 Å². The zero-order valence-electron chi connectivity index (χ0n) is 9.89. The lowest BCUT2D eigenvalue weighted by molar-refractivity contribution is 0.174. The van der Waals surface area contributed by atoms with Crippen molar-refractivity contribution < 1.29 is 5.11 Å². The van der Waals surface area contributed by atoms with Crippen molar-refractivity contribution in [2.24, 2.45) is 7.05 Å². The zero-order chi connectivity index (χ0) is 12.4. The molecule has 1 atom stereocenters. The van der Waals surface area contributed by atoms with Crippen LogP contribution in [0.3, 0.4) is 0 Å². The average molecular weight is 251 g/mol. The minimum Gasteiger partial charge on any atom is -0.388 e. The van der Waals surface area contributed by atoms with E-state index >= 15 is 0 Å². The average Bonchev–Trinajstić information content (AvgIpc) is 2.66. The van der Waals surface area contributed by atoms with Crippen LogP contribution in [0.4, 0.5) is 0 Å². The monoisotopic (exact) mass is 250 g/mol. The number of aliphatic hydroxyl groups excluding tert-OH is 1. The molecule has 0 aliphatic rings. The normalized spacial score (nSPS) is 12.7. The van der Waals surface area contributed by atoms with Crippen LogP contribution in [0.5, 0.6) is 0 Å². The largest absolute Gasteiger partial charge is 0.388 e. The third-order valence-electron chi connectivity index (χ3n) is 2.78. The molecule has 2 aromatic rings. The SMILES string of the molecule is CC[C@@H](O)c1c(-c2ccccc2)nn(C)c1Cl. The van der Waals surface area contributed by atoms with Crippen molar-refractivity contribution in [2.45, 2.75) is 19.4 Å². The van der Waals surface area contributed by atoms with Crippen molar-refractivity contribution in [3.63, 3.8) is 0 Å². The lowest BCUT2D eigenvalue weighted by Crippen LogP contribution is -1.97. The van der Waals surface area contributed by atoms with E-state index in [0.717, 1.165) is 11.3 Å². The summed E-state index contributed by atoms with van der Waals surface area (Å²) in [5, 5.41) is 14.9. The van der Waals surface area contributed by atoms with Gasteiger partial charge in [0.2, 0.25) is 0 Å². The van der Waals surface area contributed by atoms with E-state index in [-0.39, 0.29) is 0 Å². The number of aromatic nitrogens is 2. The molecule has 0 aliphatic heterocycles. The van der Waals surface area contributed by atoms with Gasteiger partial charge in [-0.15, -0.1) is 0 Å². The number of benzene rings is 1. The Kier molecular flexibility index (Phi) is 3.50. The van der Waals surface area contributed by atoms with Crippen LogP contribution in [-0.4, -0.2) is 14.9 Å². The zero-order valence-corrected chi connectivity index (χ0v) is 10.6. The Morgan fingerprint density at radius 1 is 1.35 bits per heavy atom. The summed E-state index contributed by atoms with van der Waals surface area (Å²) in [6.45, 7) is 1.92. The molecule has 17 heavy (non-hydrogen) atoms. The van der Waals surface area contributed by atoms with Crippen LogP contribution in [0.1, 0.15) is 25.0 Å². The molecule has 0 aliphatic carbocycles. The summed E-state index contributed by atoms with van der Waals surface area (Å²) in [6, 6.07) is 9.76. The third-order valence-corrected chi connectivity index (χ3v) is 3.23. The molecule has 0 spiro atoms. The van der Waals surface area contributed by atoms with E-state index in [1.807, 2.05) is 37.3 Å². The molecule has 1 aromatic carbocycles. The number of halogens is 1. The number of aryl methyl sites for hydroxylation is 1. The van der Waals surface area contributed by atoms with E-state index in [9.17, 15) is 5.11 Å². The quantitative estimate of drug-likeness (QED) is 0.909. The van der Waals surface area contributed by atoms with Gasteiger partial charge in [0.25, 0.3) is 0 Å². The molecule has 90 valence electrons. The van der Waals surface area contributed by atoms with Gasteiger partial charge < -0.3 is 5.11 Å². The maximum atomic E-state index is 10.0. The second kappa shape index (κ2) is 4.90. The molecule has 2 rings (SSSR count). The summed E-state index contributed by atoms with van der Waals surface area (Å²) in [5.74, 6) is 0. The van der Waals surface area contributed by atoms with Gasteiger partial charge in [0.1, 0.15) is 5.15 Å². The predicted octanol–water partition coefficient (Wildman–Crippen LogP) is 3.18. The lowest BCUT2D eigenvalue weighted by atomic mass is 10.0. The van der Waals surface area contributed by atoms with Crippen molar-refractivity contribution >= 4 is 11.6 Å². The second-order valence-corrected chi connectivity index (χ2v) is 4.32. The van der Waals surface area contributed by atoms with Crippen LogP contribution in [0.2, 0.25) is 5.15 Å². The molecule has 1 heterocycles. The first kappa shape index (κ1) is 12.1. The Balaban J connectivity index is 2.58. The molecule has 0 saturated carbocycles. The topological polar surface area (TPSA) is 38.1 Å². The maximum Gasteiger partial charge on any atom is 0.133 e. The summed E-state index contributed by atoms with van der Waals surface area (Å²) >= 11 is 6.18. The van der Waals surface area contributed by atoms with Gasteiger partial charge in [-0.05, 0) is 6.42 Å². The molecule has 0 saturated heterocycles. The Hall–Kier alpha value is -1.32. The number of hydrogen-bond donors (Lipinski definition) is 1. The van der Waals surface area contributed by atoms with Crippen LogP contribution < -0.4 is 0 Å². The fourth-order valence-electron chi connectivity index (χ4n) is 1.83. The van der Waals surface area contributed by atoms with Crippen LogP contribution in [0.25, 0.3) is 11.3 Å². The second-order valence-electron chi connectivity index (χ2n) is 3.97. The number of aliphatic hydroxyl groups is 1. The van der Waals surface area contributed by atoms with E-state index in [1.165, 1.54) is 0 Å². The number of rotatable bonds is 3. The molecule has 4 heteroatoms. The molecule has 0 bridgehead atoms. The highest BCUT2D eigenvalue weighted by molar-refractivity contribution is 6.30. The molecule has 0 amide bonds. The molecule has 1 aromatic heterocycles. The summed E-state index contributed by atoms with van der Waals surface area (Å²) in [7, 11) is 1.78. The van der Waals surface area contributed by atoms with Gasteiger partial charge in [0.15, 0.2) is 0 Å². The Morgan fingerprint density at radius 3 is 2.59 bits per heavy atom. The fraction of sp³-hybridized carbons (Fsp3) is 0.308. The van der Waals surface area contributed by atoms with Crippen LogP contribution >= 0.6 is 11.6 Å². The van der Waals surface area contributed by atoms with Crippen molar-refractivity contribution in [3.8, 4) is 11.3 Å². The lowest BCUT2D eigenvalue weighted by Gasteiger charge is -2.08. The maximum absolute atomic E-state index is 10.0. The van der Waals surface area contributed by atoms with Crippen molar-refractivity contribution in [3.05, 3.63) is 41.0 Å². The summed E-state index contributed by atoms with van der Waals surface area (Å²) < 4.78 is 1.60. The first-order valence-electron chi connectivity index (χ1n) is 5.61. The molecule has 0 fully saturated rings. The number of hydrogen-bond acceptors (Lipinski definition) is 2. The van der Waals surface area contributed by atoms with Crippen LogP contribution in [-0.2, 0) is 7.05 Å². The first-order chi connectivity index (χ1) is 8.15. The van der Waals surface area contributed by atoms with Gasteiger partial charge in [-0.3, -0.25) is 4.68 Å². The van der Waals surface area contributed by atoms with E-state index in [4.69, 9.17) is 11.6 Å². The molecule has 3 nitrogen and oxygen atoms in total. The van der Waals surface area contributed by atoms with Gasteiger partial charge in [-0.2, -0.15) is 5.10 Å². The first-order valence-corrected chi connectivity index (χ1v) is 5.98. The van der Waals surface area contributed by atoms with E-state index < -0.39 is 6.10 Å². The smallest absolute Gasteiger partial charge is 0.133 e. The van der Waals surface area contributed by atoms with Crippen molar-refractivity contribution in [1.29, 1.82) is 0 Å². The van der Waals surface area contributed by atoms with Gasteiger partial charge in [-0.1, -0.05) is 48.9 Å². The molecular formula is C13H15ClN2O. The molecular weight excluding hydrogens is 236 g/mol. The summed E-state index contributed by atoms with van der Waals surface area (Å²) in [4.78, 5) is 0. The summed E-state index contributed by atoms with van der Waals surface area (Å²) in [5.41, 5.74) is 2.44. The standard InChI is InChI=1S/C13H15ClN2O/c1-3-10(17)11-12(15-16(2)13(11)14)9-7-5-4-6-8-9/h4-8,10,17H,3H2,1-2H3/t10-/m1/s1. The molecule has 0 radical (unpaired) electrons. The number of nitrogens with zero attached hydrogens (tertiary/aromatic N) is 2. The Bertz CT molecular complexity index is 508. The highest BCUT2D eigenvalue weighted by Gasteiger charge is 2.21.